The van der Waals surface area contributed by atoms with Crippen molar-refractivity contribution in [1.29, 1.82) is 0 Å². The molecule has 0 spiro atoms. The number of aryl methyl sites for hydroxylation is 1. The average molecular weight is 379 g/mol. The van der Waals surface area contributed by atoms with Gasteiger partial charge in [0, 0.05) is 24.5 Å². The lowest BCUT2D eigenvalue weighted by Gasteiger charge is -2.16. The standard InChI is InChI=1S/C21H25N5O2/c1-13(2)17-11-18(19(27)12-20(17)28-4)21-25-24-14(3)26(21)16-7-5-15(6-8-16)23-10-9-22/h5-8,10-13,27H,9,22H2,1-4H3. The Morgan fingerprint density at radius 1 is 1.21 bits per heavy atom. The summed E-state index contributed by atoms with van der Waals surface area (Å²) >= 11 is 0. The average Bonchev–Trinajstić information content (AvgIpc) is 3.07. The first-order valence-corrected chi connectivity index (χ1v) is 9.12. The maximum Gasteiger partial charge on any atom is 0.172 e. The van der Waals surface area contributed by atoms with Gasteiger partial charge in [0.1, 0.15) is 17.3 Å². The summed E-state index contributed by atoms with van der Waals surface area (Å²) < 4.78 is 7.32. The molecular weight excluding hydrogens is 354 g/mol. The summed E-state index contributed by atoms with van der Waals surface area (Å²) in [5, 5.41) is 19.2. The van der Waals surface area contributed by atoms with Gasteiger partial charge in [0.05, 0.1) is 18.4 Å². The van der Waals surface area contributed by atoms with E-state index in [1.807, 2.05) is 41.8 Å². The molecule has 146 valence electrons. The number of hydrogen-bond acceptors (Lipinski definition) is 6. The Balaban J connectivity index is 2.11. The molecule has 0 atom stereocenters. The number of nitrogens with zero attached hydrogens (tertiary/aromatic N) is 4. The van der Waals surface area contributed by atoms with E-state index in [1.54, 1.807) is 19.4 Å². The number of benzene rings is 2. The Kier molecular flexibility index (Phi) is 5.75. The number of phenols is 1. The van der Waals surface area contributed by atoms with Crippen LogP contribution in [-0.2, 0) is 0 Å². The highest BCUT2D eigenvalue weighted by Crippen LogP contribution is 2.38. The number of hydrogen-bond donors (Lipinski definition) is 2. The second-order valence-corrected chi connectivity index (χ2v) is 6.74. The molecule has 0 aliphatic rings. The van der Waals surface area contributed by atoms with Gasteiger partial charge in [-0.25, -0.2) is 0 Å². The number of phenolic OH excluding ortho intramolecular Hbond substituents is 1. The molecule has 3 rings (SSSR count). The van der Waals surface area contributed by atoms with Crippen molar-refractivity contribution < 1.29 is 9.84 Å². The smallest absolute Gasteiger partial charge is 0.172 e. The van der Waals surface area contributed by atoms with Crippen LogP contribution in [0.15, 0.2) is 41.4 Å². The molecule has 0 bridgehead atoms. The predicted octanol–water partition coefficient (Wildman–Crippen LogP) is 3.74. The van der Waals surface area contributed by atoms with Crippen LogP contribution >= 0.6 is 0 Å². The van der Waals surface area contributed by atoms with Gasteiger partial charge >= 0.3 is 0 Å². The van der Waals surface area contributed by atoms with Gasteiger partial charge in [0.2, 0.25) is 0 Å². The fourth-order valence-electron chi connectivity index (χ4n) is 3.08. The highest BCUT2D eigenvalue weighted by atomic mass is 16.5. The minimum absolute atomic E-state index is 0.0964. The molecule has 0 fully saturated rings. The zero-order valence-electron chi connectivity index (χ0n) is 16.5. The minimum Gasteiger partial charge on any atom is -0.507 e. The zero-order chi connectivity index (χ0) is 20.3. The van der Waals surface area contributed by atoms with Crippen molar-refractivity contribution >= 4 is 11.9 Å². The van der Waals surface area contributed by atoms with Crippen molar-refractivity contribution in [3.63, 3.8) is 0 Å². The van der Waals surface area contributed by atoms with Gasteiger partial charge in [-0.3, -0.25) is 9.56 Å². The summed E-state index contributed by atoms with van der Waals surface area (Å²) in [7, 11) is 1.60. The van der Waals surface area contributed by atoms with Crippen LogP contribution in [0.4, 0.5) is 5.69 Å². The SMILES string of the molecule is COc1cc(O)c(-c2nnc(C)n2-c2ccc(N=CCN)cc2)cc1C(C)C. The van der Waals surface area contributed by atoms with Crippen LogP contribution in [0.2, 0.25) is 0 Å². The lowest BCUT2D eigenvalue weighted by atomic mass is 9.98. The Labute approximate surface area is 164 Å². The van der Waals surface area contributed by atoms with Crippen molar-refractivity contribution in [3.05, 3.63) is 47.8 Å². The number of aliphatic imine (C=N–C) groups is 1. The Bertz CT molecular complexity index is 991. The fourth-order valence-corrected chi connectivity index (χ4v) is 3.08. The summed E-state index contributed by atoms with van der Waals surface area (Å²) in [6, 6.07) is 11.2. The molecule has 7 heteroatoms. The summed E-state index contributed by atoms with van der Waals surface area (Å²) in [4.78, 5) is 4.27. The van der Waals surface area contributed by atoms with E-state index in [2.05, 4.69) is 29.0 Å². The third kappa shape index (κ3) is 3.75. The van der Waals surface area contributed by atoms with E-state index in [9.17, 15) is 5.11 Å². The number of aromatic nitrogens is 3. The third-order valence-corrected chi connectivity index (χ3v) is 4.49. The summed E-state index contributed by atoms with van der Waals surface area (Å²) in [6.45, 7) is 6.43. The van der Waals surface area contributed by atoms with Gasteiger partial charge in [-0.05, 0) is 48.7 Å². The Morgan fingerprint density at radius 2 is 1.93 bits per heavy atom. The molecule has 1 aromatic heterocycles. The number of rotatable bonds is 6. The maximum absolute atomic E-state index is 10.6. The van der Waals surface area contributed by atoms with Crippen LogP contribution in [0.5, 0.6) is 11.5 Å². The Hall–Kier alpha value is -3.19. The summed E-state index contributed by atoms with van der Waals surface area (Å²) in [5.41, 5.74) is 8.75. The van der Waals surface area contributed by atoms with Gasteiger partial charge in [-0.2, -0.15) is 0 Å². The lowest BCUT2D eigenvalue weighted by molar-refractivity contribution is 0.401. The normalized spacial score (nSPS) is 11.5. The number of methoxy groups -OCH3 is 1. The maximum atomic E-state index is 10.6. The third-order valence-electron chi connectivity index (χ3n) is 4.49. The van der Waals surface area contributed by atoms with E-state index >= 15 is 0 Å². The molecule has 28 heavy (non-hydrogen) atoms. The van der Waals surface area contributed by atoms with E-state index in [0.29, 0.717) is 23.7 Å². The van der Waals surface area contributed by atoms with Crippen molar-refractivity contribution in [2.24, 2.45) is 10.7 Å². The topological polar surface area (TPSA) is 98.5 Å². The summed E-state index contributed by atoms with van der Waals surface area (Å²) in [5.74, 6) is 2.26. The van der Waals surface area contributed by atoms with Crippen molar-refractivity contribution in [3.8, 4) is 28.6 Å². The van der Waals surface area contributed by atoms with Gasteiger partial charge in [0.15, 0.2) is 5.82 Å². The Morgan fingerprint density at radius 3 is 2.54 bits per heavy atom. The van der Waals surface area contributed by atoms with E-state index in [1.165, 1.54) is 0 Å². The molecule has 0 saturated heterocycles. The monoisotopic (exact) mass is 379 g/mol. The number of ether oxygens (including phenoxy) is 1. The fraction of sp³-hybridized carbons (Fsp3) is 0.286. The van der Waals surface area contributed by atoms with Crippen molar-refractivity contribution in [1.82, 2.24) is 14.8 Å². The first-order chi connectivity index (χ1) is 13.5. The molecule has 0 saturated carbocycles. The molecular formula is C21H25N5O2. The lowest BCUT2D eigenvalue weighted by Crippen LogP contribution is -2.02. The minimum atomic E-state index is 0.0964. The molecule has 0 aliphatic carbocycles. The molecule has 7 nitrogen and oxygen atoms in total. The molecule has 0 aliphatic heterocycles. The predicted molar refractivity (Wildman–Crippen MR) is 111 cm³/mol. The van der Waals surface area contributed by atoms with Gasteiger partial charge in [0.25, 0.3) is 0 Å². The second-order valence-electron chi connectivity index (χ2n) is 6.74. The van der Waals surface area contributed by atoms with Gasteiger partial charge in [-0.1, -0.05) is 13.8 Å². The molecule has 1 heterocycles. The highest BCUT2D eigenvalue weighted by Gasteiger charge is 2.20. The molecule has 3 N–H and O–H groups in total. The summed E-state index contributed by atoms with van der Waals surface area (Å²) in [6.07, 6.45) is 1.66. The molecule has 0 amide bonds. The van der Waals surface area contributed by atoms with E-state index in [4.69, 9.17) is 10.5 Å². The van der Waals surface area contributed by atoms with Gasteiger partial charge < -0.3 is 15.6 Å². The van der Waals surface area contributed by atoms with E-state index < -0.39 is 0 Å². The molecule has 3 aromatic rings. The van der Waals surface area contributed by atoms with Crippen LogP contribution in [0.1, 0.15) is 31.2 Å². The highest BCUT2D eigenvalue weighted by molar-refractivity contribution is 5.70. The second kappa shape index (κ2) is 8.22. The van der Waals surface area contributed by atoms with E-state index in [-0.39, 0.29) is 11.7 Å². The van der Waals surface area contributed by atoms with Crippen LogP contribution in [0.25, 0.3) is 17.1 Å². The first kappa shape index (κ1) is 19.6. The van der Waals surface area contributed by atoms with E-state index in [0.717, 1.165) is 22.8 Å². The number of aromatic hydroxyl groups is 1. The molecule has 0 radical (unpaired) electrons. The number of nitrogens with two attached hydrogens (primary N) is 1. The zero-order valence-corrected chi connectivity index (χ0v) is 16.5. The van der Waals surface area contributed by atoms with Gasteiger partial charge in [-0.15, -0.1) is 10.2 Å². The molecule has 2 aromatic carbocycles. The largest absolute Gasteiger partial charge is 0.507 e. The van der Waals surface area contributed by atoms with Crippen LogP contribution in [0, 0.1) is 6.92 Å². The van der Waals surface area contributed by atoms with Crippen molar-refractivity contribution in [2.75, 3.05) is 13.7 Å². The van der Waals surface area contributed by atoms with Crippen LogP contribution in [0.3, 0.4) is 0 Å². The van der Waals surface area contributed by atoms with Crippen LogP contribution < -0.4 is 10.5 Å². The van der Waals surface area contributed by atoms with Crippen molar-refractivity contribution in [2.45, 2.75) is 26.7 Å². The van der Waals surface area contributed by atoms with Crippen LogP contribution in [-0.4, -0.2) is 39.7 Å². The first-order valence-electron chi connectivity index (χ1n) is 9.12. The quantitative estimate of drug-likeness (QED) is 0.636. The molecule has 0 unspecified atom stereocenters.